The molecule has 3 heteroatoms. The molecule has 0 amide bonds. The minimum Gasteiger partial charge on any atom is -0.497 e. The van der Waals surface area contributed by atoms with Gasteiger partial charge in [0.05, 0.1) is 7.11 Å². The molecule has 0 saturated heterocycles. The van der Waals surface area contributed by atoms with Crippen molar-refractivity contribution >= 4 is 31.9 Å². The highest BCUT2D eigenvalue weighted by atomic mass is 79.9. The zero-order valence-corrected chi connectivity index (χ0v) is 14.7. The first-order valence-corrected chi connectivity index (χ1v) is 8.56. The maximum absolute atomic E-state index is 5.28. The number of benzene rings is 2. The summed E-state index contributed by atoms with van der Waals surface area (Å²) >= 11 is 7.12. The van der Waals surface area contributed by atoms with Gasteiger partial charge in [0, 0.05) is 9.80 Å². The highest BCUT2D eigenvalue weighted by Gasteiger charge is 2.10. The summed E-state index contributed by atoms with van der Waals surface area (Å²) in [6, 6.07) is 16.9. The zero-order valence-electron chi connectivity index (χ0n) is 11.5. The Morgan fingerprint density at radius 3 is 2.35 bits per heavy atom. The van der Waals surface area contributed by atoms with E-state index in [1.54, 1.807) is 7.11 Å². The summed E-state index contributed by atoms with van der Waals surface area (Å²) in [5.74, 6) is 1.52. The molecule has 1 nitrogen and oxygen atoms in total. The SMILES string of the molecule is COc1cccc(CC(CBr)Cc2ccc(Br)cc2)c1. The summed E-state index contributed by atoms with van der Waals surface area (Å²) < 4.78 is 6.41. The molecular formula is C17H18Br2O. The molecule has 0 aromatic heterocycles. The second-order valence-electron chi connectivity index (χ2n) is 4.91. The van der Waals surface area contributed by atoms with E-state index < -0.39 is 0 Å². The molecule has 0 aliphatic carbocycles. The van der Waals surface area contributed by atoms with Gasteiger partial charge in [-0.15, -0.1) is 0 Å². The number of alkyl halides is 1. The Hall–Kier alpha value is -0.800. The molecule has 0 radical (unpaired) electrons. The largest absolute Gasteiger partial charge is 0.497 e. The van der Waals surface area contributed by atoms with Crippen LogP contribution in [0.3, 0.4) is 0 Å². The van der Waals surface area contributed by atoms with E-state index in [2.05, 4.69) is 74.3 Å². The average Bonchev–Trinajstić information content (AvgIpc) is 2.49. The Bertz CT molecular complexity index is 537. The summed E-state index contributed by atoms with van der Waals surface area (Å²) in [5, 5.41) is 1.00. The topological polar surface area (TPSA) is 9.23 Å². The summed E-state index contributed by atoms with van der Waals surface area (Å²) in [4.78, 5) is 0. The molecule has 0 spiro atoms. The lowest BCUT2D eigenvalue weighted by Crippen LogP contribution is -2.10. The van der Waals surface area contributed by atoms with Crippen molar-refractivity contribution in [2.24, 2.45) is 5.92 Å². The molecule has 106 valence electrons. The van der Waals surface area contributed by atoms with Crippen LogP contribution in [0.25, 0.3) is 0 Å². The van der Waals surface area contributed by atoms with Gasteiger partial charge in [-0.05, 0) is 54.2 Å². The third-order valence-electron chi connectivity index (χ3n) is 3.31. The van der Waals surface area contributed by atoms with E-state index in [-0.39, 0.29) is 0 Å². The van der Waals surface area contributed by atoms with E-state index in [0.29, 0.717) is 5.92 Å². The Kier molecular flexibility index (Phi) is 6.11. The van der Waals surface area contributed by atoms with Crippen molar-refractivity contribution in [3.63, 3.8) is 0 Å². The fourth-order valence-corrected chi connectivity index (χ4v) is 2.99. The van der Waals surface area contributed by atoms with Crippen molar-refractivity contribution in [3.8, 4) is 5.75 Å². The highest BCUT2D eigenvalue weighted by molar-refractivity contribution is 9.10. The lowest BCUT2D eigenvalue weighted by Gasteiger charge is -2.15. The van der Waals surface area contributed by atoms with Gasteiger partial charge in [-0.1, -0.05) is 56.1 Å². The minimum atomic E-state index is 0.586. The monoisotopic (exact) mass is 396 g/mol. The number of rotatable bonds is 6. The quantitative estimate of drug-likeness (QED) is 0.604. The Labute approximate surface area is 137 Å². The van der Waals surface area contributed by atoms with Crippen LogP contribution in [0, 0.1) is 5.92 Å². The molecule has 0 bridgehead atoms. The first-order chi connectivity index (χ1) is 9.71. The lowest BCUT2D eigenvalue weighted by molar-refractivity contribution is 0.414. The maximum Gasteiger partial charge on any atom is 0.119 e. The molecule has 20 heavy (non-hydrogen) atoms. The molecule has 2 aromatic carbocycles. The van der Waals surface area contributed by atoms with Gasteiger partial charge in [0.1, 0.15) is 5.75 Å². The molecule has 0 aliphatic heterocycles. The Balaban J connectivity index is 2.02. The normalized spacial score (nSPS) is 12.2. The predicted octanol–water partition coefficient (Wildman–Crippen LogP) is 5.25. The van der Waals surface area contributed by atoms with Crippen molar-refractivity contribution in [3.05, 3.63) is 64.1 Å². The standard InChI is InChI=1S/C17H18Br2O/c1-20-17-4-2-3-14(11-17)10-15(12-18)9-13-5-7-16(19)8-6-13/h2-8,11,15H,9-10,12H2,1H3. The molecule has 0 heterocycles. The molecule has 0 saturated carbocycles. The van der Waals surface area contributed by atoms with Crippen molar-refractivity contribution in [2.75, 3.05) is 12.4 Å². The molecule has 1 atom stereocenters. The summed E-state index contributed by atoms with van der Waals surface area (Å²) in [6.07, 6.45) is 2.13. The van der Waals surface area contributed by atoms with Gasteiger partial charge >= 0.3 is 0 Å². The first-order valence-electron chi connectivity index (χ1n) is 6.64. The van der Waals surface area contributed by atoms with Gasteiger partial charge in [0.2, 0.25) is 0 Å². The van der Waals surface area contributed by atoms with E-state index in [1.807, 2.05) is 6.07 Å². The summed E-state index contributed by atoms with van der Waals surface area (Å²) in [6.45, 7) is 0. The van der Waals surface area contributed by atoms with Crippen molar-refractivity contribution in [1.29, 1.82) is 0 Å². The van der Waals surface area contributed by atoms with Crippen LogP contribution in [0.4, 0.5) is 0 Å². The number of halogens is 2. The second-order valence-corrected chi connectivity index (χ2v) is 6.47. The molecule has 2 rings (SSSR count). The van der Waals surface area contributed by atoms with Crippen LogP contribution >= 0.6 is 31.9 Å². The van der Waals surface area contributed by atoms with Crippen LogP contribution < -0.4 is 4.74 Å². The number of methoxy groups -OCH3 is 1. The average molecular weight is 398 g/mol. The number of hydrogen-bond donors (Lipinski definition) is 0. The van der Waals surface area contributed by atoms with E-state index in [9.17, 15) is 0 Å². The lowest BCUT2D eigenvalue weighted by atomic mass is 9.94. The molecule has 0 N–H and O–H groups in total. The van der Waals surface area contributed by atoms with Gasteiger partial charge in [-0.3, -0.25) is 0 Å². The Morgan fingerprint density at radius 2 is 1.70 bits per heavy atom. The van der Waals surface area contributed by atoms with Crippen LogP contribution in [0.2, 0.25) is 0 Å². The van der Waals surface area contributed by atoms with Crippen molar-refractivity contribution in [2.45, 2.75) is 12.8 Å². The van der Waals surface area contributed by atoms with Crippen molar-refractivity contribution in [1.82, 2.24) is 0 Å². The minimum absolute atomic E-state index is 0.586. The third kappa shape index (κ3) is 4.64. The summed E-state index contributed by atoms with van der Waals surface area (Å²) in [7, 11) is 1.71. The van der Waals surface area contributed by atoms with Crippen LogP contribution in [0.15, 0.2) is 53.0 Å². The molecule has 0 fully saturated rings. The predicted molar refractivity (Wildman–Crippen MR) is 91.8 cm³/mol. The molecular weight excluding hydrogens is 380 g/mol. The van der Waals surface area contributed by atoms with Crippen molar-refractivity contribution < 1.29 is 4.74 Å². The van der Waals surface area contributed by atoms with Gasteiger partial charge in [-0.25, -0.2) is 0 Å². The second kappa shape index (κ2) is 7.84. The fraction of sp³-hybridized carbons (Fsp3) is 0.294. The van der Waals surface area contributed by atoms with Crippen LogP contribution in [-0.4, -0.2) is 12.4 Å². The fourth-order valence-electron chi connectivity index (χ4n) is 2.27. The summed E-state index contributed by atoms with van der Waals surface area (Å²) in [5.41, 5.74) is 2.70. The number of hydrogen-bond acceptors (Lipinski definition) is 1. The zero-order chi connectivity index (χ0) is 14.4. The number of ether oxygens (including phenoxy) is 1. The Morgan fingerprint density at radius 1 is 1.00 bits per heavy atom. The van der Waals surface area contributed by atoms with Gasteiger partial charge in [-0.2, -0.15) is 0 Å². The molecule has 2 aromatic rings. The van der Waals surface area contributed by atoms with E-state index in [4.69, 9.17) is 4.74 Å². The van der Waals surface area contributed by atoms with E-state index >= 15 is 0 Å². The maximum atomic E-state index is 5.28. The molecule has 0 aliphatic rings. The van der Waals surface area contributed by atoms with E-state index in [1.165, 1.54) is 11.1 Å². The van der Waals surface area contributed by atoms with E-state index in [0.717, 1.165) is 28.4 Å². The van der Waals surface area contributed by atoms with Crippen LogP contribution in [0.1, 0.15) is 11.1 Å². The highest BCUT2D eigenvalue weighted by Crippen LogP contribution is 2.21. The first kappa shape index (κ1) is 15.6. The van der Waals surface area contributed by atoms with Crippen LogP contribution in [-0.2, 0) is 12.8 Å². The molecule has 1 unspecified atom stereocenters. The van der Waals surface area contributed by atoms with Gasteiger partial charge in [0.25, 0.3) is 0 Å². The smallest absolute Gasteiger partial charge is 0.119 e. The van der Waals surface area contributed by atoms with Crippen LogP contribution in [0.5, 0.6) is 5.75 Å². The van der Waals surface area contributed by atoms with Gasteiger partial charge < -0.3 is 4.74 Å². The third-order valence-corrected chi connectivity index (χ3v) is 4.76. The van der Waals surface area contributed by atoms with Gasteiger partial charge in [0.15, 0.2) is 0 Å².